The van der Waals surface area contributed by atoms with Gasteiger partial charge >= 0.3 is 0 Å². The van der Waals surface area contributed by atoms with E-state index in [0.29, 0.717) is 19.6 Å². The van der Waals surface area contributed by atoms with Crippen molar-refractivity contribution in [1.29, 1.82) is 0 Å². The van der Waals surface area contributed by atoms with Crippen molar-refractivity contribution in [3.63, 3.8) is 0 Å². The van der Waals surface area contributed by atoms with Gasteiger partial charge in [-0.05, 0) is 38.0 Å². The normalized spacial score (nSPS) is 21.5. The lowest BCUT2D eigenvalue weighted by atomic mass is 10.1. The first-order valence-electron chi connectivity index (χ1n) is 6.73. The third kappa shape index (κ3) is 4.49. The minimum absolute atomic E-state index is 0.115. The van der Waals surface area contributed by atoms with E-state index in [1.54, 1.807) is 0 Å². The summed E-state index contributed by atoms with van der Waals surface area (Å²) < 4.78 is 16.9. The summed E-state index contributed by atoms with van der Waals surface area (Å²) in [5.41, 5.74) is 1.11. The molecule has 1 aliphatic rings. The summed E-state index contributed by atoms with van der Waals surface area (Å²) in [5.74, 6) is 0.385. The highest BCUT2D eigenvalue weighted by Crippen LogP contribution is 2.24. The van der Waals surface area contributed by atoms with Gasteiger partial charge in [0.15, 0.2) is 5.79 Å². The Morgan fingerprint density at radius 2 is 2.05 bits per heavy atom. The van der Waals surface area contributed by atoms with Gasteiger partial charge < -0.3 is 19.3 Å². The van der Waals surface area contributed by atoms with E-state index in [1.807, 2.05) is 38.1 Å². The molecular formula is C15H22O4. The molecule has 1 unspecified atom stereocenters. The fourth-order valence-electron chi connectivity index (χ4n) is 2.09. The van der Waals surface area contributed by atoms with Gasteiger partial charge in [-0.1, -0.05) is 12.1 Å². The molecule has 1 saturated heterocycles. The number of rotatable bonds is 6. The third-order valence-electron chi connectivity index (χ3n) is 3.10. The van der Waals surface area contributed by atoms with Crippen molar-refractivity contribution in [1.82, 2.24) is 0 Å². The Morgan fingerprint density at radius 1 is 1.32 bits per heavy atom. The summed E-state index contributed by atoms with van der Waals surface area (Å²) in [4.78, 5) is 0. The maximum Gasteiger partial charge on any atom is 0.163 e. The maximum absolute atomic E-state index is 8.84. The van der Waals surface area contributed by atoms with Crippen LogP contribution < -0.4 is 4.74 Å². The third-order valence-corrected chi connectivity index (χ3v) is 3.10. The quantitative estimate of drug-likeness (QED) is 0.857. The predicted molar refractivity (Wildman–Crippen MR) is 72.2 cm³/mol. The van der Waals surface area contributed by atoms with Crippen LogP contribution in [0.3, 0.4) is 0 Å². The van der Waals surface area contributed by atoms with Crippen LogP contribution in [0.25, 0.3) is 0 Å². The highest BCUT2D eigenvalue weighted by atomic mass is 16.7. The average Bonchev–Trinajstić information content (AvgIpc) is 2.72. The van der Waals surface area contributed by atoms with E-state index in [2.05, 4.69) is 0 Å². The van der Waals surface area contributed by atoms with Crippen LogP contribution in [0, 0.1) is 0 Å². The van der Waals surface area contributed by atoms with Gasteiger partial charge in [0.2, 0.25) is 0 Å². The van der Waals surface area contributed by atoms with Gasteiger partial charge in [0.25, 0.3) is 0 Å². The first-order chi connectivity index (χ1) is 9.09. The summed E-state index contributed by atoms with van der Waals surface area (Å²) >= 11 is 0. The Balaban J connectivity index is 1.71. The van der Waals surface area contributed by atoms with Crippen molar-refractivity contribution in [2.24, 2.45) is 0 Å². The zero-order valence-electron chi connectivity index (χ0n) is 11.6. The molecule has 0 amide bonds. The highest BCUT2D eigenvalue weighted by Gasteiger charge is 2.32. The zero-order valence-corrected chi connectivity index (χ0v) is 11.6. The van der Waals surface area contributed by atoms with Crippen LogP contribution in [0.1, 0.15) is 25.8 Å². The smallest absolute Gasteiger partial charge is 0.163 e. The Hall–Kier alpha value is -1.10. The Bertz CT molecular complexity index is 386. The first kappa shape index (κ1) is 14.3. The van der Waals surface area contributed by atoms with Crippen molar-refractivity contribution in [2.75, 3.05) is 19.8 Å². The van der Waals surface area contributed by atoms with Crippen molar-refractivity contribution < 1.29 is 19.3 Å². The van der Waals surface area contributed by atoms with Gasteiger partial charge in [0.05, 0.1) is 19.3 Å². The van der Waals surface area contributed by atoms with E-state index in [0.717, 1.165) is 17.7 Å². The molecule has 4 heteroatoms. The van der Waals surface area contributed by atoms with Gasteiger partial charge in [-0.3, -0.25) is 0 Å². The van der Waals surface area contributed by atoms with Crippen LogP contribution >= 0.6 is 0 Å². The second-order valence-electron chi connectivity index (χ2n) is 5.21. The lowest BCUT2D eigenvalue weighted by Gasteiger charge is -2.17. The number of hydrogen-bond acceptors (Lipinski definition) is 4. The fourth-order valence-corrected chi connectivity index (χ4v) is 2.09. The van der Waals surface area contributed by atoms with Gasteiger partial charge in [-0.25, -0.2) is 0 Å². The molecule has 1 aliphatic heterocycles. The number of hydrogen-bond donors (Lipinski definition) is 1. The molecule has 0 radical (unpaired) electrons. The Morgan fingerprint density at radius 3 is 2.63 bits per heavy atom. The minimum Gasteiger partial charge on any atom is -0.493 e. The molecule has 1 fully saturated rings. The number of aliphatic hydroxyl groups is 1. The SMILES string of the molecule is CC1(C)OCC(CCOc2ccc(CCO)cc2)O1. The van der Waals surface area contributed by atoms with E-state index < -0.39 is 5.79 Å². The van der Waals surface area contributed by atoms with Crippen molar-refractivity contribution in [3.05, 3.63) is 29.8 Å². The lowest BCUT2D eigenvalue weighted by molar-refractivity contribution is -0.139. The second-order valence-corrected chi connectivity index (χ2v) is 5.21. The highest BCUT2D eigenvalue weighted by molar-refractivity contribution is 5.27. The second kappa shape index (κ2) is 6.37. The van der Waals surface area contributed by atoms with Crippen molar-refractivity contribution >= 4 is 0 Å². The molecule has 0 aliphatic carbocycles. The van der Waals surface area contributed by atoms with Crippen molar-refractivity contribution in [3.8, 4) is 5.75 Å². The summed E-state index contributed by atoms with van der Waals surface area (Å²) in [6, 6.07) is 7.82. The van der Waals surface area contributed by atoms with Crippen LogP contribution in [-0.2, 0) is 15.9 Å². The molecule has 106 valence electrons. The van der Waals surface area contributed by atoms with Crippen LogP contribution in [-0.4, -0.2) is 36.8 Å². The number of ether oxygens (including phenoxy) is 3. The number of benzene rings is 1. The molecule has 0 saturated carbocycles. The molecule has 1 atom stereocenters. The molecule has 1 N–H and O–H groups in total. The monoisotopic (exact) mass is 266 g/mol. The summed E-state index contributed by atoms with van der Waals surface area (Å²) in [7, 11) is 0. The predicted octanol–water partition coefficient (Wildman–Crippen LogP) is 2.14. The summed E-state index contributed by atoms with van der Waals surface area (Å²) in [6.07, 6.45) is 1.62. The summed E-state index contributed by atoms with van der Waals surface area (Å²) in [5, 5.41) is 8.84. The van der Waals surface area contributed by atoms with Crippen molar-refractivity contribution in [2.45, 2.75) is 38.6 Å². The Kier molecular flexibility index (Phi) is 4.80. The standard InChI is InChI=1S/C15H22O4/c1-15(2)18-11-14(19-15)8-10-17-13-5-3-12(4-6-13)7-9-16/h3-6,14,16H,7-11H2,1-2H3. The first-order valence-corrected chi connectivity index (χ1v) is 6.73. The van der Waals surface area contributed by atoms with E-state index >= 15 is 0 Å². The van der Waals surface area contributed by atoms with Gasteiger partial charge in [-0.2, -0.15) is 0 Å². The van der Waals surface area contributed by atoms with Crippen LogP contribution in [0.5, 0.6) is 5.75 Å². The lowest BCUT2D eigenvalue weighted by Crippen LogP contribution is -2.22. The fraction of sp³-hybridized carbons (Fsp3) is 0.600. The largest absolute Gasteiger partial charge is 0.493 e. The van der Waals surface area contributed by atoms with E-state index in [9.17, 15) is 0 Å². The van der Waals surface area contributed by atoms with Crippen LogP contribution in [0.15, 0.2) is 24.3 Å². The maximum atomic E-state index is 8.84. The average molecular weight is 266 g/mol. The molecular weight excluding hydrogens is 244 g/mol. The van der Waals surface area contributed by atoms with E-state index in [1.165, 1.54) is 0 Å². The van der Waals surface area contributed by atoms with E-state index in [-0.39, 0.29) is 12.7 Å². The topological polar surface area (TPSA) is 47.9 Å². The Labute approximate surface area is 114 Å². The molecule has 0 spiro atoms. The van der Waals surface area contributed by atoms with Gasteiger partial charge in [0.1, 0.15) is 5.75 Å². The molecule has 0 aromatic heterocycles. The van der Waals surface area contributed by atoms with Gasteiger partial charge in [-0.15, -0.1) is 0 Å². The molecule has 4 nitrogen and oxygen atoms in total. The summed E-state index contributed by atoms with van der Waals surface area (Å²) in [6.45, 7) is 5.27. The van der Waals surface area contributed by atoms with E-state index in [4.69, 9.17) is 19.3 Å². The molecule has 1 aromatic carbocycles. The minimum atomic E-state index is -0.462. The molecule has 19 heavy (non-hydrogen) atoms. The zero-order chi connectivity index (χ0) is 13.7. The molecule has 1 heterocycles. The molecule has 0 bridgehead atoms. The van der Waals surface area contributed by atoms with Crippen LogP contribution in [0.4, 0.5) is 0 Å². The number of aliphatic hydroxyl groups excluding tert-OH is 1. The molecule has 1 aromatic rings. The van der Waals surface area contributed by atoms with Gasteiger partial charge in [0, 0.05) is 13.0 Å². The van der Waals surface area contributed by atoms with Crippen LogP contribution in [0.2, 0.25) is 0 Å². The molecule has 2 rings (SSSR count).